The summed E-state index contributed by atoms with van der Waals surface area (Å²) >= 11 is 0. The molecule has 1 N–H and O–H groups in total. The summed E-state index contributed by atoms with van der Waals surface area (Å²) in [6.07, 6.45) is 4.08. The Kier molecular flexibility index (Phi) is 2.31. The number of nitrogens with one attached hydrogen (secondary N) is 1. The standard InChI is InChI=1S/C15H22N2O2/c1-7(2)13-15(19)16-6-10(18)17(13)14-11-8-3-4-9(5-8)12(11)14/h7-9,11-14H,3-6H2,1-2H3,(H,16,19). The second kappa shape index (κ2) is 3.74. The Hall–Kier alpha value is -1.06. The Morgan fingerprint density at radius 2 is 1.79 bits per heavy atom. The molecule has 1 aliphatic heterocycles. The molecule has 19 heavy (non-hydrogen) atoms. The Balaban J connectivity index is 1.62. The van der Waals surface area contributed by atoms with Crippen LogP contribution in [0.5, 0.6) is 0 Å². The maximum absolute atomic E-state index is 12.3. The van der Waals surface area contributed by atoms with E-state index in [4.69, 9.17) is 0 Å². The van der Waals surface area contributed by atoms with Gasteiger partial charge in [0.05, 0.1) is 6.54 Å². The molecule has 2 bridgehead atoms. The first-order valence-corrected chi connectivity index (χ1v) is 7.68. The van der Waals surface area contributed by atoms with Crippen molar-refractivity contribution in [3.63, 3.8) is 0 Å². The number of carbonyl (C=O) groups excluding carboxylic acids is 2. The molecule has 4 heteroatoms. The molecule has 0 aromatic rings. The summed E-state index contributed by atoms with van der Waals surface area (Å²) in [5, 5.41) is 2.75. The summed E-state index contributed by atoms with van der Waals surface area (Å²) in [4.78, 5) is 26.4. The largest absolute Gasteiger partial charge is 0.345 e. The maximum atomic E-state index is 12.3. The second-order valence-corrected chi connectivity index (χ2v) is 7.19. The van der Waals surface area contributed by atoms with E-state index in [2.05, 4.69) is 5.32 Å². The zero-order valence-electron chi connectivity index (χ0n) is 11.6. The van der Waals surface area contributed by atoms with E-state index in [0.717, 1.165) is 23.7 Å². The first kappa shape index (κ1) is 11.7. The van der Waals surface area contributed by atoms with Crippen LogP contribution in [0.25, 0.3) is 0 Å². The molecule has 3 aliphatic carbocycles. The van der Waals surface area contributed by atoms with E-state index in [1.54, 1.807) is 0 Å². The molecule has 104 valence electrons. The van der Waals surface area contributed by atoms with Gasteiger partial charge in [0.25, 0.3) is 0 Å². The number of carbonyl (C=O) groups is 2. The summed E-state index contributed by atoms with van der Waals surface area (Å²) in [6.45, 7) is 4.29. The highest BCUT2D eigenvalue weighted by Gasteiger charge is 2.68. The van der Waals surface area contributed by atoms with E-state index in [1.165, 1.54) is 19.3 Å². The van der Waals surface area contributed by atoms with Gasteiger partial charge in [0.15, 0.2) is 0 Å². The second-order valence-electron chi connectivity index (χ2n) is 7.19. The lowest BCUT2D eigenvalue weighted by atomic mass is 9.96. The van der Waals surface area contributed by atoms with Gasteiger partial charge in [-0.15, -0.1) is 0 Å². The lowest BCUT2D eigenvalue weighted by Gasteiger charge is -2.38. The van der Waals surface area contributed by atoms with E-state index in [1.807, 2.05) is 18.7 Å². The van der Waals surface area contributed by atoms with Gasteiger partial charge < -0.3 is 10.2 Å². The summed E-state index contributed by atoms with van der Waals surface area (Å²) in [6, 6.07) is 0.147. The van der Waals surface area contributed by atoms with Crippen LogP contribution in [0.4, 0.5) is 0 Å². The fourth-order valence-electron chi connectivity index (χ4n) is 5.27. The van der Waals surface area contributed by atoms with Crippen molar-refractivity contribution in [1.82, 2.24) is 10.2 Å². The molecule has 0 aromatic carbocycles. The molecule has 1 saturated heterocycles. The molecule has 0 spiro atoms. The van der Waals surface area contributed by atoms with Crippen LogP contribution >= 0.6 is 0 Å². The van der Waals surface area contributed by atoms with Gasteiger partial charge >= 0.3 is 0 Å². The Morgan fingerprint density at radius 3 is 2.37 bits per heavy atom. The monoisotopic (exact) mass is 262 g/mol. The van der Waals surface area contributed by atoms with Crippen molar-refractivity contribution in [3.05, 3.63) is 0 Å². The minimum absolute atomic E-state index is 0.0481. The lowest BCUT2D eigenvalue weighted by molar-refractivity contribution is -0.148. The predicted octanol–water partition coefficient (Wildman–Crippen LogP) is 1.01. The van der Waals surface area contributed by atoms with Crippen LogP contribution in [0.2, 0.25) is 0 Å². The van der Waals surface area contributed by atoms with E-state index >= 15 is 0 Å². The van der Waals surface area contributed by atoms with Crippen LogP contribution in [0.15, 0.2) is 0 Å². The number of amides is 2. The first-order chi connectivity index (χ1) is 9.09. The number of nitrogens with zero attached hydrogens (tertiary/aromatic N) is 1. The van der Waals surface area contributed by atoms with Crippen molar-refractivity contribution in [1.29, 1.82) is 0 Å². The van der Waals surface area contributed by atoms with Gasteiger partial charge in [-0.1, -0.05) is 13.8 Å². The number of rotatable bonds is 2. The van der Waals surface area contributed by atoms with E-state index in [-0.39, 0.29) is 30.3 Å². The van der Waals surface area contributed by atoms with Gasteiger partial charge in [0.2, 0.25) is 11.8 Å². The van der Waals surface area contributed by atoms with Gasteiger partial charge in [-0.25, -0.2) is 0 Å². The molecule has 2 amide bonds. The molecule has 0 aromatic heterocycles. The minimum Gasteiger partial charge on any atom is -0.345 e. The maximum Gasteiger partial charge on any atom is 0.243 e. The highest BCUT2D eigenvalue weighted by atomic mass is 16.2. The van der Waals surface area contributed by atoms with Crippen molar-refractivity contribution >= 4 is 11.8 Å². The van der Waals surface area contributed by atoms with Crippen molar-refractivity contribution in [2.75, 3.05) is 6.54 Å². The molecule has 1 heterocycles. The van der Waals surface area contributed by atoms with E-state index in [0.29, 0.717) is 6.04 Å². The van der Waals surface area contributed by atoms with Crippen LogP contribution in [-0.2, 0) is 9.59 Å². The summed E-state index contributed by atoms with van der Waals surface area (Å²) < 4.78 is 0. The molecule has 5 atom stereocenters. The third-order valence-corrected chi connectivity index (χ3v) is 5.92. The van der Waals surface area contributed by atoms with Crippen molar-refractivity contribution in [2.24, 2.45) is 29.6 Å². The van der Waals surface area contributed by atoms with Crippen molar-refractivity contribution < 1.29 is 9.59 Å². The zero-order chi connectivity index (χ0) is 13.3. The smallest absolute Gasteiger partial charge is 0.243 e. The van der Waals surface area contributed by atoms with Gasteiger partial charge in [0.1, 0.15) is 6.04 Å². The molecular weight excluding hydrogens is 240 g/mol. The lowest BCUT2D eigenvalue weighted by Crippen LogP contribution is -2.61. The van der Waals surface area contributed by atoms with Crippen LogP contribution in [0.3, 0.4) is 0 Å². The predicted molar refractivity (Wildman–Crippen MR) is 70.1 cm³/mol. The number of fused-ring (bicyclic) bond motifs is 5. The van der Waals surface area contributed by atoms with Crippen LogP contribution in [0.1, 0.15) is 33.1 Å². The summed E-state index contributed by atoms with van der Waals surface area (Å²) in [7, 11) is 0. The minimum atomic E-state index is -0.240. The average Bonchev–Trinajstić information content (AvgIpc) is 2.77. The molecule has 4 aliphatic rings. The Labute approximate surface area is 113 Å². The molecule has 4 nitrogen and oxygen atoms in total. The molecule has 0 radical (unpaired) electrons. The van der Waals surface area contributed by atoms with E-state index in [9.17, 15) is 9.59 Å². The van der Waals surface area contributed by atoms with E-state index < -0.39 is 0 Å². The third-order valence-electron chi connectivity index (χ3n) is 5.92. The van der Waals surface area contributed by atoms with Gasteiger partial charge in [-0.05, 0) is 48.9 Å². The number of hydrogen-bond donors (Lipinski definition) is 1. The molecule has 3 saturated carbocycles. The quantitative estimate of drug-likeness (QED) is 0.807. The zero-order valence-corrected chi connectivity index (χ0v) is 11.6. The first-order valence-electron chi connectivity index (χ1n) is 7.68. The summed E-state index contributed by atoms with van der Waals surface area (Å²) in [5.74, 6) is 3.49. The fraction of sp³-hybridized carbons (Fsp3) is 0.867. The Morgan fingerprint density at radius 1 is 1.16 bits per heavy atom. The molecule has 5 unspecified atom stereocenters. The topological polar surface area (TPSA) is 49.4 Å². The van der Waals surface area contributed by atoms with Crippen molar-refractivity contribution in [3.8, 4) is 0 Å². The molecule has 4 rings (SSSR count). The van der Waals surface area contributed by atoms with Crippen molar-refractivity contribution in [2.45, 2.75) is 45.2 Å². The molecule has 4 fully saturated rings. The average molecular weight is 262 g/mol. The number of piperazine rings is 1. The molecular formula is C15H22N2O2. The normalized spacial score (nSPS) is 47.6. The highest BCUT2D eigenvalue weighted by Crippen LogP contribution is 2.67. The highest BCUT2D eigenvalue weighted by molar-refractivity contribution is 5.95. The van der Waals surface area contributed by atoms with Gasteiger partial charge in [0, 0.05) is 6.04 Å². The van der Waals surface area contributed by atoms with Gasteiger partial charge in [-0.2, -0.15) is 0 Å². The number of hydrogen-bond acceptors (Lipinski definition) is 2. The Bertz CT molecular complexity index is 431. The van der Waals surface area contributed by atoms with Crippen LogP contribution in [-0.4, -0.2) is 35.3 Å². The fourth-order valence-corrected chi connectivity index (χ4v) is 5.27. The van der Waals surface area contributed by atoms with Gasteiger partial charge in [-0.3, -0.25) is 9.59 Å². The third kappa shape index (κ3) is 1.46. The SMILES string of the molecule is CC(C)C1C(=O)NCC(=O)N1C1C2C3CCC(C3)C21. The summed E-state index contributed by atoms with van der Waals surface area (Å²) in [5.41, 5.74) is 0. The van der Waals surface area contributed by atoms with Crippen LogP contribution < -0.4 is 5.32 Å². The van der Waals surface area contributed by atoms with Crippen LogP contribution in [0, 0.1) is 29.6 Å².